The second kappa shape index (κ2) is 8.32. The van der Waals surface area contributed by atoms with Crippen molar-refractivity contribution in [3.8, 4) is 11.4 Å². The van der Waals surface area contributed by atoms with Crippen LogP contribution in [0.3, 0.4) is 0 Å². The van der Waals surface area contributed by atoms with E-state index in [0.29, 0.717) is 10.7 Å². The Kier molecular flexibility index (Phi) is 5.44. The molecule has 0 atom stereocenters. The number of nitrogens with zero attached hydrogens (tertiary/aromatic N) is 4. The highest BCUT2D eigenvalue weighted by Gasteiger charge is 2.13. The molecule has 0 unspecified atom stereocenters. The highest BCUT2D eigenvalue weighted by Crippen LogP contribution is 2.26. The summed E-state index contributed by atoms with van der Waals surface area (Å²) in [6.07, 6.45) is 3.21. The molecule has 0 aliphatic heterocycles. The Morgan fingerprint density at radius 1 is 1.17 bits per heavy atom. The van der Waals surface area contributed by atoms with Crippen molar-refractivity contribution < 1.29 is 9.53 Å². The number of carbonyl (C=O) groups is 1. The zero-order chi connectivity index (χ0) is 20.2. The summed E-state index contributed by atoms with van der Waals surface area (Å²) in [6, 6.07) is 15.3. The van der Waals surface area contributed by atoms with Crippen LogP contribution in [0.4, 0.5) is 5.69 Å². The Morgan fingerprint density at radius 2 is 2.00 bits per heavy atom. The summed E-state index contributed by atoms with van der Waals surface area (Å²) < 4.78 is 6.94. The molecule has 29 heavy (non-hydrogen) atoms. The molecule has 0 saturated heterocycles. The van der Waals surface area contributed by atoms with Crippen LogP contribution in [0.15, 0.2) is 66.1 Å². The number of carbonyl (C=O) groups excluding carboxylic acids is 1. The lowest BCUT2D eigenvalue weighted by molar-refractivity contribution is -0.113. The lowest BCUT2D eigenvalue weighted by Crippen LogP contribution is -2.14. The number of hydrogen-bond acceptors (Lipinski definition) is 6. The fraction of sp³-hybridized carbons (Fsp3) is 0.143. The van der Waals surface area contributed by atoms with Crippen LogP contribution in [-0.4, -0.2) is 38.5 Å². The van der Waals surface area contributed by atoms with Crippen LogP contribution >= 0.6 is 11.8 Å². The molecule has 4 aromatic rings. The van der Waals surface area contributed by atoms with E-state index in [1.54, 1.807) is 18.0 Å². The summed E-state index contributed by atoms with van der Waals surface area (Å²) in [6.45, 7) is 1.99. The number of ether oxygens (including phenoxy) is 1. The molecule has 2 aromatic carbocycles. The van der Waals surface area contributed by atoms with Crippen molar-refractivity contribution in [2.45, 2.75) is 11.9 Å². The van der Waals surface area contributed by atoms with E-state index >= 15 is 0 Å². The molecule has 0 spiro atoms. The molecule has 7 nitrogen and oxygen atoms in total. The average molecular weight is 405 g/mol. The highest BCUT2D eigenvalue weighted by molar-refractivity contribution is 8.00. The van der Waals surface area contributed by atoms with E-state index in [1.807, 2.05) is 55.5 Å². The van der Waals surface area contributed by atoms with Crippen molar-refractivity contribution in [1.29, 1.82) is 0 Å². The Morgan fingerprint density at radius 3 is 2.76 bits per heavy atom. The fourth-order valence-corrected chi connectivity index (χ4v) is 3.66. The first-order chi connectivity index (χ1) is 14.1. The standard InChI is InChI=1S/C21H19N5O2S/c1-14-4-3-5-15(10-14)25-19(27)12-29-21-18-11-24-26(20(18)22-13-23-21)16-6-8-17(28-2)9-7-16/h3-11,13H,12H2,1-2H3,(H,25,27). The third-order valence-electron chi connectivity index (χ3n) is 4.29. The Labute approximate surface area is 172 Å². The van der Waals surface area contributed by atoms with Crippen LogP contribution in [0, 0.1) is 6.92 Å². The van der Waals surface area contributed by atoms with Gasteiger partial charge in [-0.25, -0.2) is 14.6 Å². The number of methoxy groups -OCH3 is 1. The summed E-state index contributed by atoms with van der Waals surface area (Å²) in [5.41, 5.74) is 3.44. The summed E-state index contributed by atoms with van der Waals surface area (Å²) in [5, 5.41) is 8.87. The summed E-state index contributed by atoms with van der Waals surface area (Å²) in [4.78, 5) is 21.0. The first kappa shape index (κ1) is 18.9. The molecule has 0 aliphatic rings. The monoisotopic (exact) mass is 405 g/mol. The Balaban J connectivity index is 1.51. The van der Waals surface area contributed by atoms with Gasteiger partial charge in [-0.1, -0.05) is 23.9 Å². The topological polar surface area (TPSA) is 81.9 Å². The van der Waals surface area contributed by atoms with Gasteiger partial charge in [-0.05, 0) is 48.9 Å². The van der Waals surface area contributed by atoms with Crippen molar-refractivity contribution in [3.05, 3.63) is 66.6 Å². The van der Waals surface area contributed by atoms with E-state index in [0.717, 1.165) is 28.1 Å². The normalized spacial score (nSPS) is 10.8. The molecule has 2 aromatic heterocycles. The predicted octanol–water partition coefficient (Wildman–Crippen LogP) is 3.86. The lowest BCUT2D eigenvalue weighted by Gasteiger charge is -2.07. The van der Waals surface area contributed by atoms with Gasteiger partial charge in [0.25, 0.3) is 0 Å². The molecule has 0 bridgehead atoms. The number of hydrogen-bond donors (Lipinski definition) is 1. The number of thioether (sulfide) groups is 1. The minimum Gasteiger partial charge on any atom is -0.497 e. The molecule has 4 rings (SSSR count). The number of amides is 1. The molecule has 0 radical (unpaired) electrons. The van der Waals surface area contributed by atoms with E-state index in [4.69, 9.17) is 4.74 Å². The van der Waals surface area contributed by atoms with Gasteiger partial charge >= 0.3 is 0 Å². The van der Waals surface area contributed by atoms with Crippen LogP contribution in [0.25, 0.3) is 16.7 Å². The first-order valence-electron chi connectivity index (χ1n) is 8.96. The van der Waals surface area contributed by atoms with Crippen LogP contribution in [-0.2, 0) is 4.79 Å². The van der Waals surface area contributed by atoms with Crippen LogP contribution in [0.2, 0.25) is 0 Å². The van der Waals surface area contributed by atoms with E-state index in [1.165, 1.54) is 18.1 Å². The second-order valence-corrected chi connectivity index (χ2v) is 7.34. The Hall–Kier alpha value is -3.39. The fourth-order valence-electron chi connectivity index (χ4n) is 2.90. The van der Waals surface area contributed by atoms with Gasteiger partial charge in [-0.2, -0.15) is 5.10 Å². The summed E-state index contributed by atoms with van der Waals surface area (Å²) in [5.74, 6) is 0.930. The van der Waals surface area contributed by atoms with Crippen molar-refractivity contribution in [2.24, 2.45) is 0 Å². The average Bonchev–Trinajstić information content (AvgIpc) is 3.17. The maximum absolute atomic E-state index is 12.3. The number of rotatable bonds is 6. The maximum Gasteiger partial charge on any atom is 0.234 e. The lowest BCUT2D eigenvalue weighted by atomic mass is 10.2. The minimum absolute atomic E-state index is 0.0880. The van der Waals surface area contributed by atoms with Gasteiger partial charge < -0.3 is 10.1 Å². The molecule has 0 saturated carbocycles. The third kappa shape index (κ3) is 4.22. The van der Waals surface area contributed by atoms with Crippen molar-refractivity contribution in [3.63, 3.8) is 0 Å². The largest absolute Gasteiger partial charge is 0.497 e. The van der Waals surface area contributed by atoms with E-state index in [9.17, 15) is 4.79 Å². The van der Waals surface area contributed by atoms with Gasteiger partial charge in [0.2, 0.25) is 5.91 Å². The first-order valence-corrected chi connectivity index (χ1v) is 9.95. The van der Waals surface area contributed by atoms with Gasteiger partial charge in [0, 0.05) is 5.69 Å². The zero-order valence-corrected chi connectivity index (χ0v) is 16.8. The minimum atomic E-state index is -0.0880. The SMILES string of the molecule is COc1ccc(-n2ncc3c(SCC(=O)Nc4cccc(C)c4)ncnc32)cc1. The molecule has 146 valence electrons. The third-order valence-corrected chi connectivity index (χ3v) is 5.29. The molecular weight excluding hydrogens is 386 g/mol. The van der Waals surface area contributed by atoms with Crippen LogP contribution in [0.5, 0.6) is 5.75 Å². The number of aromatic nitrogens is 4. The van der Waals surface area contributed by atoms with Crippen molar-refractivity contribution in [2.75, 3.05) is 18.2 Å². The molecule has 1 N–H and O–H groups in total. The number of benzene rings is 2. The molecule has 2 heterocycles. The highest BCUT2D eigenvalue weighted by atomic mass is 32.2. The number of fused-ring (bicyclic) bond motifs is 1. The molecule has 0 aliphatic carbocycles. The van der Waals surface area contributed by atoms with Gasteiger partial charge in [0.1, 0.15) is 17.1 Å². The zero-order valence-electron chi connectivity index (χ0n) is 16.0. The summed E-state index contributed by atoms with van der Waals surface area (Å²) >= 11 is 1.36. The van der Waals surface area contributed by atoms with Gasteiger partial charge in [0.15, 0.2) is 5.65 Å². The molecule has 0 fully saturated rings. The maximum atomic E-state index is 12.3. The van der Waals surface area contributed by atoms with E-state index in [-0.39, 0.29) is 11.7 Å². The quantitative estimate of drug-likeness (QED) is 0.387. The Bertz CT molecular complexity index is 1160. The van der Waals surface area contributed by atoms with E-state index < -0.39 is 0 Å². The van der Waals surface area contributed by atoms with Gasteiger partial charge in [-0.15, -0.1) is 0 Å². The van der Waals surface area contributed by atoms with Crippen LogP contribution < -0.4 is 10.1 Å². The second-order valence-electron chi connectivity index (χ2n) is 6.38. The predicted molar refractivity (Wildman–Crippen MR) is 114 cm³/mol. The molecular formula is C21H19N5O2S. The summed E-state index contributed by atoms with van der Waals surface area (Å²) in [7, 11) is 1.63. The van der Waals surface area contributed by atoms with Gasteiger partial charge in [-0.3, -0.25) is 4.79 Å². The van der Waals surface area contributed by atoms with Gasteiger partial charge in [0.05, 0.1) is 30.1 Å². The molecule has 8 heteroatoms. The van der Waals surface area contributed by atoms with Crippen molar-refractivity contribution >= 4 is 34.4 Å². The van der Waals surface area contributed by atoms with E-state index in [2.05, 4.69) is 20.4 Å². The number of nitrogens with one attached hydrogen (secondary N) is 1. The number of anilines is 1. The smallest absolute Gasteiger partial charge is 0.234 e. The van der Waals surface area contributed by atoms with Crippen molar-refractivity contribution in [1.82, 2.24) is 19.7 Å². The molecule has 1 amide bonds. The number of aryl methyl sites for hydroxylation is 1. The van der Waals surface area contributed by atoms with Crippen LogP contribution in [0.1, 0.15) is 5.56 Å².